The highest BCUT2D eigenvalue weighted by molar-refractivity contribution is 6.30. The van der Waals surface area contributed by atoms with Gasteiger partial charge in [0.25, 0.3) is 0 Å². The molecular weight excluding hydrogens is 514 g/mol. The first-order valence-electron chi connectivity index (χ1n) is 14.2. The zero-order valence-electron chi connectivity index (χ0n) is 23.9. The molecule has 7 nitrogen and oxygen atoms in total. The summed E-state index contributed by atoms with van der Waals surface area (Å²) in [4.78, 5) is 15.2. The Hall–Kier alpha value is -2.32. The van der Waals surface area contributed by atoms with E-state index in [-0.39, 0.29) is 18.0 Å². The average Bonchev–Trinajstić information content (AvgIpc) is 2.92. The molecule has 216 valence electrons. The number of unbranched alkanes of at least 4 members (excludes halogenated alkanes) is 1. The van der Waals surface area contributed by atoms with Gasteiger partial charge in [0.2, 0.25) is 0 Å². The zero-order valence-corrected chi connectivity index (χ0v) is 24.7. The summed E-state index contributed by atoms with van der Waals surface area (Å²) in [6, 6.07) is 15.0. The van der Waals surface area contributed by atoms with E-state index in [1.54, 1.807) is 13.2 Å². The van der Waals surface area contributed by atoms with Crippen LogP contribution in [0.5, 0.6) is 11.5 Å². The maximum Gasteiger partial charge on any atom is 0.317 e. The van der Waals surface area contributed by atoms with Crippen molar-refractivity contribution in [3.05, 3.63) is 59.1 Å². The molecule has 0 radical (unpaired) electrons. The molecule has 2 aromatic rings. The van der Waals surface area contributed by atoms with Gasteiger partial charge in [0.15, 0.2) is 0 Å². The van der Waals surface area contributed by atoms with E-state index in [0.717, 1.165) is 32.1 Å². The number of para-hydroxylation sites is 1. The molecule has 0 saturated carbocycles. The number of likely N-dealkylation sites (N-methyl/N-ethyl adjacent to an activating group) is 1. The number of nitrogens with one attached hydrogen (secondary N) is 2. The first-order chi connectivity index (χ1) is 18.8. The van der Waals surface area contributed by atoms with Gasteiger partial charge in [-0.05, 0) is 81.8 Å². The molecule has 1 saturated heterocycles. The van der Waals surface area contributed by atoms with E-state index in [1.807, 2.05) is 54.4 Å². The summed E-state index contributed by atoms with van der Waals surface area (Å²) >= 11 is 6.49. The lowest BCUT2D eigenvalue weighted by Gasteiger charge is -2.43. The Morgan fingerprint density at radius 2 is 1.97 bits per heavy atom. The van der Waals surface area contributed by atoms with Crippen molar-refractivity contribution in [2.24, 2.45) is 11.8 Å². The molecule has 3 rings (SSSR count). The molecule has 39 heavy (non-hydrogen) atoms. The Bertz CT molecular complexity index is 1020. The van der Waals surface area contributed by atoms with Crippen LogP contribution in [0.1, 0.15) is 57.9 Å². The topological polar surface area (TPSA) is 83.1 Å². The molecule has 8 heteroatoms. The van der Waals surface area contributed by atoms with E-state index in [9.17, 15) is 9.90 Å². The van der Waals surface area contributed by atoms with Crippen molar-refractivity contribution < 1.29 is 19.4 Å². The molecule has 3 N–H and O–H groups in total. The van der Waals surface area contributed by atoms with Gasteiger partial charge < -0.3 is 30.1 Å². The smallest absolute Gasteiger partial charge is 0.317 e. The van der Waals surface area contributed by atoms with E-state index in [1.165, 1.54) is 0 Å². The van der Waals surface area contributed by atoms with Gasteiger partial charge in [0, 0.05) is 55.9 Å². The van der Waals surface area contributed by atoms with Gasteiger partial charge in [-0.1, -0.05) is 43.6 Å². The van der Waals surface area contributed by atoms with Crippen LogP contribution in [-0.4, -0.2) is 62.5 Å². The summed E-state index contributed by atoms with van der Waals surface area (Å²) in [5, 5.41) is 19.5. The van der Waals surface area contributed by atoms with Crippen LogP contribution < -0.4 is 15.4 Å². The first-order valence-corrected chi connectivity index (χ1v) is 14.6. The van der Waals surface area contributed by atoms with E-state index < -0.39 is 5.60 Å². The molecule has 3 atom stereocenters. The SMILES string of the molecule is CNCC(CC(C)C)NC(=O)N1CCC[C@@H]([C@@](O)(CCCCOC)c2cc(Cl)ccc2Oc2ccccc2)C1. The van der Waals surface area contributed by atoms with Crippen LogP contribution in [0, 0.1) is 11.8 Å². The Labute approximate surface area is 239 Å². The molecule has 0 bridgehead atoms. The van der Waals surface area contributed by atoms with E-state index in [4.69, 9.17) is 21.1 Å². The maximum absolute atomic E-state index is 13.4. The van der Waals surface area contributed by atoms with Crippen LogP contribution in [-0.2, 0) is 10.3 Å². The molecule has 1 heterocycles. The third kappa shape index (κ3) is 9.10. The number of urea groups is 1. The lowest BCUT2D eigenvalue weighted by Crippen LogP contribution is -2.54. The van der Waals surface area contributed by atoms with Crippen LogP contribution in [0.3, 0.4) is 0 Å². The number of benzene rings is 2. The summed E-state index contributed by atoms with van der Waals surface area (Å²) < 4.78 is 11.5. The number of piperidine rings is 1. The molecule has 2 aromatic carbocycles. The Kier molecular flexibility index (Phi) is 12.4. The minimum atomic E-state index is -1.23. The van der Waals surface area contributed by atoms with Gasteiger partial charge in [-0.25, -0.2) is 4.79 Å². The predicted molar refractivity (Wildman–Crippen MR) is 158 cm³/mol. The molecule has 0 aromatic heterocycles. The predicted octanol–water partition coefficient (Wildman–Crippen LogP) is 6.19. The van der Waals surface area contributed by atoms with Crippen LogP contribution in [0.25, 0.3) is 0 Å². The third-order valence-corrected chi connectivity index (χ3v) is 7.69. The van der Waals surface area contributed by atoms with Gasteiger partial charge in [0.1, 0.15) is 11.5 Å². The summed E-state index contributed by atoms with van der Waals surface area (Å²) in [7, 11) is 3.59. The van der Waals surface area contributed by atoms with Gasteiger partial charge in [-0.15, -0.1) is 0 Å². The number of ether oxygens (including phenoxy) is 2. The molecule has 2 amide bonds. The largest absolute Gasteiger partial charge is 0.457 e. The summed E-state index contributed by atoms with van der Waals surface area (Å²) in [5.41, 5.74) is -0.569. The highest BCUT2D eigenvalue weighted by Crippen LogP contribution is 2.45. The molecule has 1 unspecified atom stereocenters. The lowest BCUT2D eigenvalue weighted by atomic mass is 9.73. The number of rotatable bonds is 14. The number of hydrogen-bond donors (Lipinski definition) is 3. The molecular formula is C31H46ClN3O4. The number of amides is 2. The first kappa shape index (κ1) is 31.2. The van der Waals surface area contributed by atoms with Crippen molar-refractivity contribution >= 4 is 17.6 Å². The van der Waals surface area contributed by atoms with Gasteiger partial charge in [-0.3, -0.25) is 0 Å². The Morgan fingerprint density at radius 3 is 2.67 bits per heavy atom. The van der Waals surface area contributed by atoms with Crippen molar-refractivity contribution in [1.29, 1.82) is 0 Å². The van der Waals surface area contributed by atoms with E-state index in [0.29, 0.717) is 60.7 Å². The van der Waals surface area contributed by atoms with Crippen molar-refractivity contribution in [1.82, 2.24) is 15.5 Å². The zero-order chi connectivity index (χ0) is 28.3. The molecule has 1 aliphatic heterocycles. The molecule has 0 spiro atoms. The van der Waals surface area contributed by atoms with Gasteiger partial charge in [0.05, 0.1) is 5.60 Å². The third-order valence-electron chi connectivity index (χ3n) is 7.45. The molecule has 1 aliphatic rings. The number of methoxy groups -OCH3 is 1. The van der Waals surface area contributed by atoms with Crippen molar-refractivity contribution in [2.45, 2.75) is 64.0 Å². The monoisotopic (exact) mass is 559 g/mol. The van der Waals surface area contributed by atoms with Crippen LogP contribution in [0.2, 0.25) is 5.02 Å². The number of hydrogen-bond acceptors (Lipinski definition) is 5. The summed E-state index contributed by atoms with van der Waals surface area (Å²) in [5.74, 6) is 1.56. The Balaban J connectivity index is 1.89. The maximum atomic E-state index is 13.4. The summed E-state index contributed by atoms with van der Waals surface area (Å²) in [6.45, 7) is 6.79. The Morgan fingerprint density at radius 1 is 1.21 bits per heavy atom. The minimum Gasteiger partial charge on any atom is -0.457 e. The van der Waals surface area contributed by atoms with Crippen LogP contribution in [0.4, 0.5) is 4.79 Å². The van der Waals surface area contributed by atoms with Crippen molar-refractivity contribution in [3.63, 3.8) is 0 Å². The molecule has 1 fully saturated rings. The standard InChI is InChI=1S/C31H46ClN3O4/c1-23(2)19-26(21-33-3)34-30(36)35-17-10-11-24(22-35)31(37,16-8-9-18-38-4)28-20-25(32)14-15-29(28)39-27-12-6-5-7-13-27/h5-7,12-15,20,23-24,26,33,37H,8-11,16-19,21-22H2,1-4H3,(H,34,36)/t24-,26?,31+/m1/s1. The number of halogens is 1. The quantitative estimate of drug-likeness (QED) is 0.240. The van der Waals surface area contributed by atoms with Crippen LogP contribution in [0.15, 0.2) is 48.5 Å². The fourth-order valence-electron chi connectivity index (χ4n) is 5.57. The highest BCUT2D eigenvalue weighted by atomic mass is 35.5. The second-order valence-corrected chi connectivity index (χ2v) is 11.5. The number of nitrogens with zero attached hydrogens (tertiary/aromatic N) is 1. The minimum absolute atomic E-state index is 0.0506. The fourth-order valence-corrected chi connectivity index (χ4v) is 5.74. The second-order valence-electron chi connectivity index (χ2n) is 11.0. The van der Waals surface area contributed by atoms with Gasteiger partial charge in [-0.2, -0.15) is 0 Å². The number of aliphatic hydroxyl groups is 1. The fraction of sp³-hybridized carbons (Fsp3) is 0.581. The lowest BCUT2D eigenvalue weighted by molar-refractivity contribution is -0.0575. The normalized spacial score (nSPS) is 18.0. The number of likely N-dealkylation sites (tertiary alicyclic amines) is 1. The summed E-state index contributed by atoms with van der Waals surface area (Å²) in [6.07, 6.45) is 4.62. The number of carbonyl (C=O) groups excluding carboxylic acids is 1. The highest BCUT2D eigenvalue weighted by Gasteiger charge is 2.43. The van der Waals surface area contributed by atoms with Crippen LogP contribution >= 0.6 is 11.6 Å². The van der Waals surface area contributed by atoms with Gasteiger partial charge >= 0.3 is 6.03 Å². The average molecular weight is 560 g/mol. The van der Waals surface area contributed by atoms with Crippen molar-refractivity contribution in [3.8, 4) is 11.5 Å². The number of carbonyl (C=O) groups is 1. The van der Waals surface area contributed by atoms with E-state index >= 15 is 0 Å². The van der Waals surface area contributed by atoms with Crippen molar-refractivity contribution in [2.75, 3.05) is 40.4 Å². The second kappa shape index (κ2) is 15.5. The van der Waals surface area contributed by atoms with E-state index in [2.05, 4.69) is 24.5 Å². The molecule has 0 aliphatic carbocycles.